The van der Waals surface area contributed by atoms with E-state index in [0.717, 1.165) is 16.9 Å². The smallest absolute Gasteiger partial charge is 0.273 e. The molecule has 0 aliphatic rings. The lowest BCUT2D eigenvalue weighted by molar-refractivity contribution is 0.412. The Bertz CT molecular complexity index is 741. The van der Waals surface area contributed by atoms with Crippen molar-refractivity contribution in [3.63, 3.8) is 0 Å². The maximum atomic E-state index is 12.3. The second-order valence-electron chi connectivity index (χ2n) is 4.13. The van der Waals surface area contributed by atoms with E-state index in [4.69, 9.17) is 16.3 Å². The third-order valence-electron chi connectivity index (χ3n) is 2.62. The van der Waals surface area contributed by atoms with E-state index >= 15 is 0 Å². The Hall–Kier alpha value is -1.31. The van der Waals surface area contributed by atoms with Gasteiger partial charge in [-0.25, -0.2) is 13.4 Å². The van der Waals surface area contributed by atoms with Crippen LogP contribution in [-0.2, 0) is 10.0 Å². The number of benzene rings is 1. The lowest BCUT2D eigenvalue weighted by Gasteiger charge is -2.09. The molecule has 1 aromatic heterocycles. The topological polar surface area (TPSA) is 68.3 Å². The molecular formula is C12H13ClN2O3S2. The molecule has 2 aromatic rings. The minimum Gasteiger partial charge on any atom is -0.496 e. The van der Waals surface area contributed by atoms with Crippen LogP contribution in [0.3, 0.4) is 0 Å². The van der Waals surface area contributed by atoms with Crippen LogP contribution >= 0.6 is 22.9 Å². The molecular weight excluding hydrogens is 320 g/mol. The first-order valence-corrected chi connectivity index (χ1v) is 8.31. The molecule has 108 valence electrons. The highest BCUT2D eigenvalue weighted by Gasteiger charge is 2.21. The second-order valence-corrected chi connectivity index (χ2v) is 7.59. The molecule has 0 saturated carbocycles. The van der Waals surface area contributed by atoms with E-state index < -0.39 is 10.0 Å². The summed E-state index contributed by atoms with van der Waals surface area (Å²) in [6.45, 7) is 3.45. The fourth-order valence-electron chi connectivity index (χ4n) is 1.74. The average molecular weight is 333 g/mol. The first-order chi connectivity index (χ1) is 9.33. The SMILES string of the molecule is COc1ccc(NS(=O)(=O)c2sc(Cl)nc2C)cc1C. The van der Waals surface area contributed by atoms with Gasteiger partial charge in [0.05, 0.1) is 12.8 Å². The van der Waals surface area contributed by atoms with Crippen molar-refractivity contribution in [1.29, 1.82) is 0 Å². The van der Waals surface area contributed by atoms with E-state index in [1.165, 1.54) is 0 Å². The van der Waals surface area contributed by atoms with Gasteiger partial charge >= 0.3 is 0 Å². The normalized spacial score (nSPS) is 11.4. The summed E-state index contributed by atoms with van der Waals surface area (Å²) in [5.74, 6) is 0.699. The molecule has 2 rings (SSSR count). The quantitative estimate of drug-likeness (QED) is 0.933. The lowest BCUT2D eigenvalue weighted by Crippen LogP contribution is -2.12. The van der Waals surface area contributed by atoms with Gasteiger partial charge in [0.1, 0.15) is 5.75 Å². The Morgan fingerprint density at radius 1 is 1.35 bits per heavy atom. The molecule has 20 heavy (non-hydrogen) atoms. The molecule has 0 atom stereocenters. The molecule has 0 bridgehead atoms. The number of aryl methyl sites for hydroxylation is 2. The summed E-state index contributed by atoms with van der Waals surface area (Å²) in [5, 5.41) is 0. The van der Waals surface area contributed by atoms with Gasteiger partial charge in [0.15, 0.2) is 8.68 Å². The third kappa shape index (κ3) is 3.05. The average Bonchev–Trinajstić information content (AvgIpc) is 2.69. The van der Waals surface area contributed by atoms with Crippen molar-refractivity contribution in [2.75, 3.05) is 11.8 Å². The number of nitrogens with zero attached hydrogens (tertiary/aromatic N) is 1. The van der Waals surface area contributed by atoms with Crippen molar-refractivity contribution in [2.45, 2.75) is 18.1 Å². The van der Waals surface area contributed by atoms with E-state index in [9.17, 15) is 8.42 Å². The largest absolute Gasteiger partial charge is 0.496 e. The molecule has 0 saturated heterocycles. The van der Waals surface area contributed by atoms with Crippen molar-refractivity contribution >= 4 is 38.6 Å². The number of halogens is 1. The number of anilines is 1. The first kappa shape index (κ1) is 15.1. The van der Waals surface area contributed by atoms with Crippen LogP contribution in [0.2, 0.25) is 4.47 Å². The van der Waals surface area contributed by atoms with Crippen LogP contribution < -0.4 is 9.46 Å². The number of nitrogens with one attached hydrogen (secondary N) is 1. The number of rotatable bonds is 4. The number of thiazole rings is 1. The van der Waals surface area contributed by atoms with Gasteiger partial charge in [-0.2, -0.15) is 0 Å². The number of aromatic nitrogens is 1. The summed E-state index contributed by atoms with van der Waals surface area (Å²) in [7, 11) is -2.11. The fraction of sp³-hybridized carbons (Fsp3) is 0.250. The predicted molar refractivity (Wildman–Crippen MR) is 80.4 cm³/mol. The number of ether oxygens (including phenoxy) is 1. The molecule has 0 unspecified atom stereocenters. The fourth-order valence-corrected chi connectivity index (χ4v) is 4.53. The molecule has 0 amide bonds. The maximum absolute atomic E-state index is 12.3. The Morgan fingerprint density at radius 2 is 2.05 bits per heavy atom. The third-order valence-corrected chi connectivity index (χ3v) is 5.87. The van der Waals surface area contributed by atoms with Crippen LogP contribution in [0.4, 0.5) is 5.69 Å². The van der Waals surface area contributed by atoms with Gasteiger partial charge in [0.25, 0.3) is 10.0 Å². The van der Waals surface area contributed by atoms with Gasteiger partial charge in [-0.1, -0.05) is 22.9 Å². The number of hydrogen-bond acceptors (Lipinski definition) is 5. The number of methoxy groups -OCH3 is 1. The minimum absolute atomic E-state index is 0.121. The van der Waals surface area contributed by atoms with E-state index in [2.05, 4.69) is 9.71 Å². The van der Waals surface area contributed by atoms with Crippen molar-refractivity contribution < 1.29 is 13.2 Å². The number of sulfonamides is 1. The molecule has 0 radical (unpaired) electrons. The highest BCUT2D eigenvalue weighted by molar-refractivity contribution is 7.94. The van der Waals surface area contributed by atoms with Crippen molar-refractivity contribution in [2.24, 2.45) is 0 Å². The molecule has 0 fully saturated rings. The first-order valence-electron chi connectivity index (χ1n) is 5.64. The van der Waals surface area contributed by atoms with E-state index in [0.29, 0.717) is 17.1 Å². The van der Waals surface area contributed by atoms with Gasteiger partial charge in [-0.3, -0.25) is 4.72 Å². The summed E-state index contributed by atoms with van der Waals surface area (Å²) in [6.07, 6.45) is 0. The molecule has 1 N–H and O–H groups in total. The predicted octanol–water partition coefficient (Wildman–Crippen LogP) is 3.22. The highest BCUT2D eigenvalue weighted by Crippen LogP contribution is 2.29. The van der Waals surface area contributed by atoms with Gasteiger partial charge in [-0.05, 0) is 37.6 Å². The Morgan fingerprint density at radius 3 is 2.55 bits per heavy atom. The van der Waals surface area contributed by atoms with E-state index in [1.54, 1.807) is 32.2 Å². The van der Waals surface area contributed by atoms with Crippen LogP contribution in [0, 0.1) is 13.8 Å². The molecule has 1 aromatic carbocycles. The summed E-state index contributed by atoms with van der Waals surface area (Å²) in [6, 6.07) is 5.05. The second kappa shape index (κ2) is 5.59. The Labute approximate surface area is 126 Å². The van der Waals surface area contributed by atoms with Crippen molar-refractivity contribution in [3.8, 4) is 5.75 Å². The Balaban J connectivity index is 2.33. The van der Waals surface area contributed by atoms with Gasteiger partial charge < -0.3 is 4.74 Å². The van der Waals surface area contributed by atoms with Gasteiger partial charge in [-0.15, -0.1) is 0 Å². The van der Waals surface area contributed by atoms with E-state index in [1.807, 2.05) is 6.92 Å². The van der Waals surface area contributed by atoms with Gasteiger partial charge in [0.2, 0.25) is 0 Å². The molecule has 0 aliphatic heterocycles. The zero-order valence-corrected chi connectivity index (χ0v) is 13.5. The molecule has 1 heterocycles. The highest BCUT2D eigenvalue weighted by atomic mass is 35.5. The molecule has 0 aliphatic carbocycles. The molecule has 0 spiro atoms. The molecule has 8 heteroatoms. The minimum atomic E-state index is -3.68. The zero-order valence-electron chi connectivity index (χ0n) is 11.1. The van der Waals surface area contributed by atoms with E-state index in [-0.39, 0.29) is 8.68 Å². The zero-order chi connectivity index (χ0) is 14.9. The summed E-state index contributed by atoms with van der Waals surface area (Å²) in [5.41, 5.74) is 1.69. The van der Waals surface area contributed by atoms with Crippen molar-refractivity contribution in [3.05, 3.63) is 33.9 Å². The Kier molecular flexibility index (Phi) is 4.22. The summed E-state index contributed by atoms with van der Waals surface area (Å²) < 4.78 is 32.5. The monoisotopic (exact) mass is 332 g/mol. The van der Waals surface area contributed by atoms with Crippen LogP contribution in [0.15, 0.2) is 22.4 Å². The standard InChI is InChI=1S/C12H13ClN2O3S2/c1-7-6-9(4-5-10(7)18-3)15-20(16,17)11-8(2)14-12(13)19-11/h4-6,15H,1-3H3. The maximum Gasteiger partial charge on any atom is 0.273 e. The number of hydrogen-bond donors (Lipinski definition) is 1. The van der Waals surface area contributed by atoms with Crippen LogP contribution in [0.25, 0.3) is 0 Å². The van der Waals surface area contributed by atoms with Crippen LogP contribution in [-0.4, -0.2) is 20.5 Å². The van der Waals surface area contributed by atoms with Crippen LogP contribution in [0.1, 0.15) is 11.3 Å². The summed E-state index contributed by atoms with van der Waals surface area (Å²) in [4.78, 5) is 3.91. The molecule has 5 nitrogen and oxygen atoms in total. The van der Waals surface area contributed by atoms with Crippen LogP contribution in [0.5, 0.6) is 5.75 Å². The lowest BCUT2D eigenvalue weighted by atomic mass is 10.2. The summed E-state index contributed by atoms with van der Waals surface area (Å²) >= 11 is 6.67. The van der Waals surface area contributed by atoms with Crippen molar-refractivity contribution in [1.82, 2.24) is 4.98 Å². The van der Waals surface area contributed by atoms with Gasteiger partial charge in [0, 0.05) is 5.69 Å².